The summed E-state index contributed by atoms with van der Waals surface area (Å²) >= 11 is 0. The Balaban J connectivity index is 2.54. The Labute approximate surface area is 76.3 Å². The summed E-state index contributed by atoms with van der Waals surface area (Å²) in [5.41, 5.74) is 0. The summed E-state index contributed by atoms with van der Waals surface area (Å²) in [4.78, 5) is 4.01. The van der Waals surface area contributed by atoms with E-state index in [0.717, 1.165) is 0 Å². The van der Waals surface area contributed by atoms with Crippen LogP contribution in [0.2, 0.25) is 0 Å². The van der Waals surface area contributed by atoms with Crippen molar-refractivity contribution in [2.75, 3.05) is 7.11 Å². The van der Waals surface area contributed by atoms with Crippen molar-refractivity contribution in [1.82, 2.24) is 10.1 Å². The quantitative estimate of drug-likeness (QED) is 0.684. The van der Waals surface area contributed by atoms with Crippen LogP contribution in [0.3, 0.4) is 0 Å². The van der Waals surface area contributed by atoms with E-state index in [9.17, 15) is 0 Å². The number of hydrogen-bond donors (Lipinski definition) is 0. The number of nitriles is 1. The highest BCUT2D eigenvalue weighted by molar-refractivity contribution is 4.93. The van der Waals surface area contributed by atoms with E-state index in [1.54, 1.807) is 7.11 Å². The highest BCUT2D eigenvalue weighted by Crippen LogP contribution is 2.02. The van der Waals surface area contributed by atoms with Crippen LogP contribution in [-0.4, -0.2) is 23.4 Å². The van der Waals surface area contributed by atoms with Gasteiger partial charge in [-0.1, -0.05) is 5.16 Å². The van der Waals surface area contributed by atoms with Crippen LogP contribution < -0.4 is 0 Å². The fourth-order valence-corrected chi connectivity index (χ4v) is 0.853. The van der Waals surface area contributed by atoms with Crippen LogP contribution >= 0.6 is 0 Å². The van der Waals surface area contributed by atoms with Crippen molar-refractivity contribution in [3.63, 3.8) is 0 Å². The van der Waals surface area contributed by atoms with E-state index in [1.807, 2.05) is 13.0 Å². The predicted octanol–water partition coefficient (Wildman–Crippen LogP) is 0.713. The van der Waals surface area contributed by atoms with E-state index >= 15 is 0 Å². The topological polar surface area (TPSA) is 71.9 Å². The molecule has 0 aliphatic carbocycles. The van der Waals surface area contributed by atoms with Crippen molar-refractivity contribution in [2.24, 2.45) is 0 Å². The van der Waals surface area contributed by atoms with Gasteiger partial charge in [0.1, 0.15) is 6.42 Å². The summed E-state index contributed by atoms with van der Waals surface area (Å²) in [5.74, 6) is 0.945. The molecule has 1 unspecified atom stereocenters. The fourth-order valence-electron chi connectivity index (χ4n) is 0.853. The molecule has 0 radical (unpaired) electrons. The van der Waals surface area contributed by atoms with Gasteiger partial charge in [-0.05, 0) is 6.92 Å². The summed E-state index contributed by atoms with van der Waals surface area (Å²) in [6.07, 6.45) is 0.826. The van der Waals surface area contributed by atoms with Gasteiger partial charge in [0.15, 0.2) is 5.82 Å². The maximum Gasteiger partial charge on any atom is 0.240 e. The molecule has 0 saturated heterocycles. The fraction of sp³-hybridized carbons (Fsp3) is 0.625. The van der Waals surface area contributed by atoms with Gasteiger partial charge in [-0.15, -0.1) is 0 Å². The average molecular weight is 181 g/mol. The van der Waals surface area contributed by atoms with Crippen molar-refractivity contribution in [1.29, 1.82) is 5.26 Å². The molecule has 13 heavy (non-hydrogen) atoms. The third-order valence-electron chi connectivity index (χ3n) is 1.61. The van der Waals surface area contributed by atoms with E-state index < -0.39 is 0 Å². The Kier molecular flexibility index (Phi) is 3.41. The molecule has 0 N–H and O–H groups in total. The SMILES string of the molecule is COC(C)Cc1noc(CC#N)n1. The predicted molar refractivity (Wildman–Crippen MR) is 43.8 cm³/mol. The summed E-state index contributed by atoms with van der Waals surface area (Å²) in [6, 6.07) is 1.94. The summed E-state index contributed by atoms with van der Waals surface area (Å²) in [7, 11) is 1.63. The van der Waals surface area contributed by atoms with Gasteiger partial charge in [0.2, 0.25) is 5.89 Å². The maximum atomic E-state index is 8.35. The van der Waals surface area contributed by atoms with E-state index in [0.29, 0.717) is 18.1 Å². The lowest BCUT2D eigenvalue weighted by atomic mass is 10.3. The Hall–Kier alpha value is -1.41. The lowest BCUT2D eigenvalue weighted by molar-refractivity contribution is 0.116. The first-order valence-corrected chi connectivity index (χ1v) is 3.97. The van der Waals surface area contributed by atoms with Gasteiger partial charge in [0.05, 0.1) is 12.2 Å². The van der Waals surface area contributed by atoms with Gasteiger partial charge < -0.3 is 9.26 Å². The molecule has 0 amide bonds. The van der Waals surface area contributed by atoms with Crippen molar-refractivity contribution in [3.05, 3.63) is 11.7 Å². The lowest BCUT2D eigenvalue weighted by Crippen LogP contribution is -2.09. The molecule has 1 aromatic heterocycles. The highest BCUT2D eigenvalue weighted by Gasteiger charge is 2.09. The molecular formula is C8H11N3O2. The molecule has 0 aliphatic rings. The Morgan fingerprint density at radius 2 is 2.46 bits per heavy atom. The minimum Gasteiger partial charge on any atom is -0.381 e. The second-order valence-corrected chi connectivity index (χ2v) is 2.69. The molecule has 0 aliphatic heterocycles. The van der Waals surface area contributed by atoms with Gasteiger partial charge in [-0.25, -0.2) is 0 Å². The van der Waals surface area contributed by atoms with Crippen LogP contribution in [0.4, 0.5) is 0 Å². The third-order valence-corrected chi connectivity index (χ3v) is 1.61. The molecular weight excluding hydrogens is 170 g/mol. The molecule has 0 saturated carbocycles. The van der Waals surface area contributed by atoms with E-state index in [-0.39, 0.29) is 12.5 Å². The maximum absolute atomic E-state index is 8.35. The number of nitrogens with zero attached hydrogens (tertiary/aromatic N) is 3. The van der Waals surface area contributed by atoms with Crippen LogP contribution in [0.5, 0.6) is 0 Å². The van der Waals surface area contributed by atoms with Crippen molar-refractivity contribution in [2.45, 2.75) is 25.9 Å². The standard InChI is InChI=1S/C8H11N3O2/c1-6(12-2)5-7-10-8(3-4-9)13-11-7/h6H,3,5H2,1-2H3. The van der Waals surface area contributed by atoms with E-state index in [2.05, 4.69) is 10.1 Å². The third kappa shape index (κ3) is 2.84. The second-order valence-electron chi connectivity index (χ2n) is 2.69. The molecule has 0 spiro atoms. The largest absolute Gasteiger partial charge is 0.381 e. The Bertz CT molecular complexity index is 303. The van der Waals surface area contributed by atoms with Crippen LogP contribution in [0.1, 0.15) is 18.6 Å². The summed E-state index contributed by atoms with van der Waals surface area (Å²) in [5, 5.41) is 12.1. The monoisotopic (exact) mass is 181 g/mol. The highest BCUT2D eigenvalue weighted by atomic mass is 16.5. The zero-order valence-electron chi connectivity index (χ0n) is 7.65. The number of methoxy groups -OCH3 is 1. The van der Waals surface area contributed by atoms with Gasteiger partial charge in [-0.3, -0.25) is 0 Å². The minimum atomic E-state index is 0.0625. The molecule has 1 rings (SSSR count). The van der Waals surface area contributed by atoms with E-state index in [1.165, 1.54) is 0 Å². The molecule has 1 aromatic rings. The van der Waals surface area contributed by atoms with E-state index in [4.69, 9.17) is 14.5 Å². The van der Waals surface area contributed by atoms with Crippen LogP contribution in [0, 0.1) is 11.3 Å². The van der Waals surface area contributed by atoms with Gasteiger partial charge in [0.25, 0.3) is 0 Å². The smallest absolute Gasteiger partial charge is 0.240 e. The average Bonchev–Trinajstić information content (AvgIpc) is 2.53. The molecule has 5 nitrogen and oxygen atoms in total. The summed E-state index contributed by atoms with van der Waals surface area (Å²) in [6.45, 7) is 1.92. The number of aromatic nitrogens is 2. The van der Waals surface area contributed by atoms with Gasteiger partial charge in [0, 0.05) is 13.5 Å². The zero-order valence-corrected chi connectivity index (χ0v) is 7.65. The number of ether oxygens (including phenoxy) is 1. The van der Waals surface area contributed by atoms with Crippen molar-refractivity contribution < 1.29 is 9.26 Å². The Morgan fingerprint density at radius 3 is 3.08 bits per heavy atom. The number of hydrogen-bond acceptors (Lipinski definition) is 5. The minimum absolute atomic E-state index is 0.0625. The number of rotatable bonds is 4. The molecule has 1 heterocycles. The van der Waals surface area contributed by atoms with Gasteiger partial charge in [-0.2, -0.15) is 10.2 Å². The first kappa shape index (κ1) is 9.68. The van der Waals surface area contributed by atoms with Gasteiger partial charge >= 0.3 is 0 Å². The van der Waals surface area contributed by atoms with Crippen molar-refractivity contribution >= 4 is 0 Å². The first-order valence-electron chi connectivity index (χ1n) is 3.97. The molecule has 0 bridgehead atoms. The molecule has 1 atom stereocenters. The second kappa shape index (κ2) is 4.58. The zero-order chi connectivity index (χ0) is 9.68. The van der Waals surface area contributed by atoms with Crippen molar-refractivity contribution in [3.8, 4) is 6.07 Å². The first-order chi connectivity index (χ1) is 6.26. The normalized spacial score (nSPS) is 12.4. The lowest BCUT2D eigenvalue weighted by Gasteiger charge is -2.03. The van der Waals surface area contributed by atoms with Crippen LogP contribution in [0.25, 0.3) is 0 Å². The van der Waals surface area contributed by atoms with Crippen LogP contribution in [0.15, 0.2) is 4.52 Å². The molecule has 70 valence electrons. The molecule has 5 heteroatoms. The van der Waals surface area contributed by atoms with Crippen LogP contribution in [-0.2, 0) is 17.6 Å². The molecule has 0 fully saturated rings. The molecule has 0 aromatic carbocycles. The summed E-state index contributed by atoms with van der Waals surface area (Å²) < 4.78 is 9.85. The Morgan fingerprint density at radius 1 is 1.69 bits per heavy atom.